The van der Waals surface area contributed by atoms with Crippen LogP contribution in [-0.4, -0.2) is 29.9 Å². The summed E-state index contributed by atoms with van der Waals surface area (Å²) in [5, 5.41) is 0. The van der Waals surface area contributed by atoms with Crippen LogP contribution in [0.4, 0.5) is 0 Å². The Kier molecular flexibility index (Phi) is 4.03. The molecule has 19 heavy (non-hydrogen) atoms. The second-order valence-electron chi connectivity index (χ2n) is 5.58. The van der Waals surface area contributed by atoms with Crippen molar-refractivity contribution in [2.24, 2.45) is 18.7 Å². The molecule has 1 aliphatic rings. The number of nitrogens with two attached hydrogens (primary N) is 1. The highest BCUT2D eigenvalue weighted by Gasteiger charge is 2.33. The number of aryl methyl sites for hydroxylation is 1. The van der Waals surface area contributed by atoms with Crippen molar-refractivity contribution in [3.8, 4) is 0 Å². The fraction of sp³-hybridized carbons (Fsp3) is 0.692. The summed E-state index contributed by atoms with van der Waals surface area (Å²) in [7, 11) is -1.57. The van der Waals surface area contributed by atoms with Gasteiger partial charge in [0.1, 0.15) is 4.90 Å². The first-order valence-electron chi connectivity index (χ1n) is 6.73. The summed E-state index contributed by atoms with van der Waals surface area (Å²) in [6, 6.07) is 1.75. The van der Waals surface area contributed by atoms with Gasteiger partial charge < -0.3 is 10.3 Å². The first kappa shape index (κ1) is 14.6. The summed E-state index contributed by atoms with van der Waals surface area (Å²) in [5.41, 5.74) is 6.43. The fourth-order valence-electron chi connectivity index (χ4n) is 2.80. The average Bonchev–Trinajstić information content (AvgIpc) is 2.70. The molecule has 5 nitrogen and oxygen atoms in total. The molecule has 2 rings (SSSR count). The second-order valence-corrected chi connectivity index (χ2v) is 7.47. The number of hydrogen-bond acceptors (Lipinski definition) is 3. The van der Waals surface area contributed by atoms with Crippen molar-refractivity contribution in [3.05, 3.63) is 18.0 Å². The first-order chi connectivity index (χ1) is 8.86. The lowest BCUT2D eigenvalue weighted by Crippen LogP contribution is -2.43. The Balaban J connectivity index is 2.31. The van der Waals surface area contributed by atoms with Gasteiger partial charge in [0, 0.05) is 38.1 Å². The van der Waals surface area contributed by atoms with E-state index in [4.69, 9.17) is 5.73 Å². The van der Waals surface area contributed by atoms with Crippen LogP contribution in [-0.2, 0) is 23.6 Å². The quantitative estimate of drug-likeness (QED) is 0.910. The number of piperidine rings is 1. The van der Waals surface area contributed by atoms with Crippen LogP contribution in [0.5, 0.6) is 0 Å². The molecule has 6 heteroatoms. The van der Waals surface area contributed by atoms with Gasteiger partial charge in [0.25, 0.3) is 0 Å². The van der Waals surface area contributed by atoms with Gasteiger partial charge in [-0.15, -0.1) is 0 Å². The van der Waals surface area contributed by atoms with Gasteiger partial charge in [0.05, 0.1) is 0 Å². The van der Waals surface area contributed by atoms with Gasteiger partial charge in [-0.2, -0.15) is 4.31 Å². The predicted octanol–water partition coefficient (Wildman–Crippen LogP) is 1.29. The van der Waals surface area contributed by atoms with Crippen LogP contribution in [0.25, 0.3) is 0 Å². The van der Waals surface area contributed by atoms with Crippen LogP contribution < -0.4 is 5.73 Å². The third-order valence-electron chi connectivity index (χ3n) is 3.98. The van der Waals surface area contributed by atoms with Gasteiger partial charge in [-0.25, -0.2) is 8.42 Å². The van der Waals surface area contributed by atoms with Gasteiger partial charge in [-0.05, 0) is 31.7 Å². The average molecular weight is 285 g/mol. The Morgan fingerprint density at radius 3 is 2.63 bits per heavy atom. The van der Waals surface area contributed by atoms with E-state index in [1.54, 1.807) is 21.1 Å². The van der Waals surface area contributed by atoms with Crippen LogP contribution in [0.2, 0.25) is 0 Å². The van der Waals surface area contributed by atoms with Gasteiger partial charge >= 0.3 is 0 Å². The zero-order chi connectivity index (χ0) is 14.2. The number of nitrogens with zero attached hydrogens (tertiary/aromatic N) is 2. The zero-order valence-electron chi connectivity index (χ0n) is 11.8. The Bertz CT molecular complexity index is 550. The van der Waals surface area contributed by atoms with E-state index in [-0.39, 0.29) is 6.04 Å². The maximum Gasteiger partial charge on any atom is 0.244 e. The van der Waals surface area contributed by atoms with Crippen molar-refractivity contribution < 1.29 is 8.42 Å². The Labute approximate surface area is 115 Å². The molecule has 2 N–H and O–H groups in total. The summed E-state index contributed by atoms with van der Waals surface area (Å²) >= 11 is 0. The molecule has 2 unspecified atom stereocenters. The van der Waals surface area contributed by atoms with Gasteiger partial charge in [0.15, 0.2) is 0 Å². The molecule has 0 saturated carbocycles. The summed E-state index contributed by atoms with van der Waals surface area (Å²) in [6.07, 6.45) is 3.51. The number of aromatic nitrogens is 1. The maximum absolute atomic E-state index is 12.7. The highest BCUT2D eigenvalue weighted by Crippen LogP contribution is 2.28. The van der Waals surface area contributed by atoms with Crippen LogP contribution in [0.3, 0.4) is 0 Å². The summed E-state index contributed by atoms with van der Waals surface area (Å²) in [6.45, 7) is 5.12. The highest BCUT2D eigenvalue weighted by molar-refractivity contribution is 7.89. The normalized spacial score (nSPS) is 25.7. The van der Waals surface area contributed by atoms with Crippen molar-refractivity contribution in [3.63, 3.8) is 0 Å². The largest absolute Gasteiger partial charge is 0.352 e. The fourth-order valence-corrected chi connectivity index (χ4v) is 4.55. The second kappa shape index (κ2) is 5.26. The minimum Gasteiger partial charge on any atom is -0.352 e. The maximum atomic E-state index is 12.7. The van der Waals surface area contributed by atoms with Crippen molar-refractivity contribution in [1.82, 2.24) is 8.87 Å². The standard InChI is InChI=1S/C13H23N3O2S/c1-10-4-5-16(11(2)6-10)19(17,18)13-7-12(8-14)15(3)9-13/h7,9-11H,4-6,8,14H2,1-3H3. The van der Waals surface area contributed by atoms with Gasteiger partial charge in [0.2, 0.25) is 10.0 Å². The summed E-state index contributed by atoms with van der Waals surface area (Å²) < 4.78 is 28.7. The van der Waals surface area contributed by atoms with Gasteiger partial charge in [-0.1, -0.05) is 6.92 Å². The van der Waals surface area contributed by atoms with E-state index < -0.39 is 10.0 Å². The molecule has 0 aliphatic carbocycles. The van der Waals surface area contributed by atoms with Crippen LogP contribution in [0.15, 0.2) is 17.2 Å². The van der Waals surface area contributed by atoms with Gasteiger partial charge in [-0.3, -0.25) is 0 Å². The summed E-state index contributed by atoms with van der Waals surface area (Å²) in [4.78, 5) is 0.358. The Hall–Kier alpha value is -0.850. The lowest BCUT2D eigenvalue weighted by Gasteiger charge is -2.35. The third-order valence-corrected chi connectivity index (χ3v) is 5.95. The van der Waals surface area contributed by atoms with Crippen molar-refractivity contribution in [2.75, 3.05) is 6.54 Å². The third kappa shape index (κ3) is 2.70. The lowest BCUT2D eigenvalue weighted by atomic mass is 9.95. The molecule has 1 fully saturated rings. The lowest BCUT2D eigenvalue weighted by molar-refractivity contribution is 0.220. The van der Waals surface area contributed by atoms with E-state index >= 15 is 0 Å². The van der Waals surface area contributed by atoms with Crippen molar-refractivity contribution in [2.45, 2.75) is 44.2 Å². The van der Waals surface area contributed by atoms with E-state index in [0.29, 0.717) is 23.9 Å². The van der Waals surface area contributed by atoms with E-state index in [1.807, 2.05) is 14.0 Å². The molecule has 0 amide bonds. The molecular weight excluding hydrogens is 262 g/mol. The SMILES string of the molecule is CC1CCN(S(=O)(=O)c2cc(CN)n(C)c2)C(C)C1. The van der Waals surface area contributed by atoms with Crippen LogP contribution in [0, 0.1) is 5.92 Å². The van der Waals surface area contributed by atoms with E-state index in [1.165, 1.54) is 0 Å². The van der Waals surface area contributed by atoms with Crippen molar-refractivity contribution >= 4 is 10.0 Å². The molecule has 2 atom stereocenters. The van der Waals surface area contributed by atoms with Crippen molar-refractivity contribution in [1.29, 1.82) is 0 Å². The zero-order valence-corrected chi connectivity index (χ0v) is 12.7. The summed E-state index contributed by atoms with van der Waals surface area (Å²) in [5.74, 6) is 0.594. The molecule has 0 radical (unpaired) electrons. The van der Waals surface area contributed by atoms with E-state index in [0.717, 1.165) is 18.5 Å². The predicted molar refractivity (Wildman–Crippen MR) is 75.1 cm³/mol. The minimum absolute atomic E-state index is 0.0651. The molecule has 0 spiro atoms. The van der Waals surface area contributed by atoms with E-state index in [9.17, 15) is 8.42 Å². The number of rotatable bonds is 3. The Morgan fingerprint density at radius 2 is 2.11 bits per heavy atom. The highest BCUT2D eigenvalue weighted by atomic mass is 32.2. The molecule has 0 bridgehead atoms. The first-order valence-corrected chi connectivity index (χ1v) is 8.17. The van der Waals surface area contributed by atoms with E-state index in [2.05, 4.69) is 6.92 Å². The van der Waals surface area contributed by atoms with Crippen LogP contribution in [0.1, 0.15) is 32.4 Å². The molecule has 0 aromatic carbocycles. The Morgan fingerprint density at radius 1 is 1.42 bits per heavy atom. The molecule has 1 aliphatic heterocycles. The minimum atomic E-state index is -3.39. The number of sulfonamides is 1. The topological polar surface area (TPSA) is 68.3 Å². The molecule has 1 aromatic heterocycles. The number of hydrogen-bond donors (Lipinski definition) is 1. The molecule has 1 saturated heterocycles. The molecule has 1 aromatic rings. The molecule has 2 heterocycles. The molecule has 108 valence electrons. The molecular formula is C13H23N3O2S. The monoisotopic (exact) mass is 285 g/mol. The van der Waals surface area contributed by atoms with Crippen LogP contribution >= 0.6 is 0 Å². The smallest absolute Gasteiger partial charge is 0.244 e.